The summed E-state index contributed by atoms with van der Waals surface area (Å²) in [7, 11) is 0. The molecule has 0 aliphatic carbocycles. The Kier molecular flexibility index (Phi) is 8.06. The molecule has 0 aliphatic heterocycles. The quantitative estimate of drug-likeness (QED) is 0.281. The van der Waals surface area contributed by atoms with E-state index >= 15 is 0 Å². The van der Waals surface area contributed by atoms with Gasteiger partial charge in [0.15, 0.2) is 0 Å². The van der Waals surface area contributed by atoms with Crippen molar-refractivity contribution in [1.82, 2.24) is 9.99 Å². The van der Waals surface area contributed by atoms with E-state index in [1.165, 1.54) is 11.8 Å². The van der Waals surface area contributed by atoms with Crippen molar-refractivity contribution >= 4 is 63.0 Å². The van der Waals surface area contributed by atoms with Crippen LogP contribution in [0.2, 0.25) is 10.0 Å². The topological polar surface area (TPSA) is 46.4 Å². The largest absolute Gasteiger partial charge is 0.316 e. The molecule has 0 saturated carbocycles. The summed E-state index contributed by atoms with van der Waals surface area (Å²) in [5.74, 6) is 0.942. The Bertz CT molecular complexity index is 1100. The molecule has 0 fully saturated rings. The van der Waals surface area contributed by atoms with Crippen LogP contribution in [0.15, 0.2) is 58.1 Å². The van der Waals surface area contributed by atoms with E-state index in [9.17, 15) is 4.79 Å². The molecule has 1 N–H and O–H groups in total. The van der Waals surface area contributed by atoms with Crippen molar-refractivity contribution in [3.05, 3.63) is 85.6 Å². The van der Waals surface area contributed by atoms with Gasteiger partial charge >= 0.3 is 0 Å². The van der Waals surface area contributed by atoms with Crippen LogP contribution in [0.5, 0.6) is 0 Å². The van der Waals surface area contributed by atoms with E-state index in [0.29, 0.717) is 15.8 Å². The highest BCUT2D eigenvalue weighted by Gasteiger charge is 2.12. The molecule has 156 valence electrons. The van der Waals surface area contributed by atoms with E-state index < -0.39 is 0 Å². The zero-order valence-electron chi connectivity index (χ0n) is 16.5. The molecule has 8 heteroatoms. The Hall–Kier alpha value is -1.73. The number of rotatable bonds is 7. The number of aryl methyl sites for hydroxylation is 1. The van der Waals surface area contributed by atoms with Gasteiger partial charge in [-0.2, -0.15) is 5.10 Å². The third-order valence-electron chi connectivity index (χ3n) is 4.46. The maximum absolute atomic E-state index is 12.1. The summed E-state index contributed by atoms with van der Waals surface area (Å²) < 4.78 is 3.09. The third-order valence-corrected chi connectivity index (χ3v) is 6.76. The number of thioether (sulfide) groups is 1. The fraction of sp³-hybridized carbons (Fsp3) is 0.182. The lowest BCUT2D eigenvalue weighted by atomic mass is 10.2. The van der Waals surface area contributed by atoms with Crippen molar-refractivity contribution < 1.29 is 4.79 Å². The number of amides is 1. The van der Waals surface area contributed by atoms with E-state index in [2.05, 4.69) is 26.5 Å². The molecular formula is C22H20BrCl2N3OS. The SMILES string of the molecule is Cc1cc(/C=N\NC(=O)CSCc2ccccc2Br)c(C)n1-c1ccc(Cl)cc1Cl. The van der Waals surface area contributed by atoms with E-state index in [0.717, 1.165) is 38.4 Å². The normalized spacial score (nSPS) is 11.2. The van der Waals surface area contributed by atoms with Crippen molar-refractivity contribution in [2.45, 2.75) is 19.6 Å². The minimum atomic E-state index is -0.141. The van der Waals surface area contributed by atoms with Crippen LogP contribution in [0.3, 0.4) is 0 Å². The first kappa shape index (κ1) is 22.9. The highest BCUT2D eigenvalue weighted by Crippen LogP contribution is 2.28. The standard InChI is InChI=1S/C22H20BrCl2N3OS/c1-14-9-17(15(2)28(14)21-8-7-18(24)10-20(21)25)11-26-27-22(29)13-30-12-16-5-3-4-6-19(16)23/h3-11H,12-13H2,1-2H3,(H,27,29)/b26-11-. The number of carbonyl (C=O) groups is 1. The number of hydrazone groups is 1. The zero-order chi connectivity index (χ0) is 21.7. The van der Waals surface area contributed by atoms with Crippen LogP contribution >= 0.6 is 50.9 Å². The monoisotopic (exact) mass is 523 g/mol. The minimum absolute atomic E-state index is 0.141. The van der Waals surface area contributed by atoms with E-state index in [1.54, 1.807) is 18.3 Å². The molecule has 3 rings (SSSR count). The van der Waals surface area contributed by atoms with E-state index in [4.69, 9.17) is 23.2 Å². The molecule has 0 bridgehead atoms. The van der Waals surface area contributed by atoms with Gasteiger partial charge in [0.1, 0.15) is 0 Å². The average molecular weight is 525 g/mol. The van der Waals surface area contributed by atoms with Crippen LogP contribution < -0.4 is 5.43 Å². The maximum Gasteiger partial charge on any atom is 0.250 e. The molecule has 0 unspecified atom stereocenters. The average Bonchev–Trinajstić information content (AvgIpc) is 2.97. The number of nitrogens with one attached hydrogen (secondary N) is 1. The fourth-order valence-corrected chi connectivity index (χ4v) is 4.95. The summed E-state index contributed by atoms with van der Waals surface area (Å²) in [4.78, 5) is 12.1. The smallest absolute Gasteiger partial charge is 0.250 e. The maximum atomic E-state index is 12.1. The Balaban J connectivity index is 1.60. The summed E-state index contributed by atoms with van der Waals surface area (Å²) in [6, 6.07) is 15.4. The number of hydrogen-bond acceptors (Lipinski definition) is 3. The van der Waals surface area contributed by atoms with Gasteiger partial charge in [-0.1, -0.05) is 57.3 Å². The van der Waals surface area contributed by atoms with Gasteiger partial charge in [0.25, 0.3) is 0 Å². The fourth-order valence-electron chi connectivity index (χ4n) is 3.03. The lowest BCUT2D eigenvalue weighted by Gasteiger charge is -2.11. The summed E-state index contributed by atoms with van der Waals surface area (Å²) in [5, 5.41) is 5.28. The highest BCUT2D eigenvalue weighted by atomic mass is 79.9. The van der Waals surface area contributed by atoms with Gasteiger partial charge < -0.3 is 4.57 Å². The van der Waals surface area contributed by atoms with Gasteiger partial charge in [-0.15, -0.1) is 11.8 Å². The molecule has 0 saturated heterocycles. The lowest BCUT2D eigenvalue weighted by molar-refractivity contribution is -0.118. The number of carbonyl (C=O) groups excluding carboxylic acids is 1. The molecule has 30 heavy (non-hydrogen) atoms. The molecule has 0 radical (unpaired) electrons. The van der Waals surface area contributed by atoms with Crippen molar-refractivity contribution in [3.8, 4) is 5.69 Å². The van der Waals surface area contributed by atoms with Crippen LogP contribution in [0.4, 0.5) is 0 Å². The Morgan fingerprint density at radius 1 is 1.20 bits per heavy atom. The second kappa shape index (κ2) is 10.5. The van der Waals surface area contributed by atoms with Gasteiger partial charge in [0.2, 0.25) is 5.91 Å². The summed E-state index contributed by atoms with van der Waals surface area (Å²) in [6.07, 6.45) is 1.65. The van der Waals surface area contributed by atoms with Gasteiger partial charge in [-0.25, -0.2) is 5.43 Å². The molecule has 3 aromatic rings. The summed E-state index contributed by atoms with van der Waals surface area (Å²) >= 11 is 17.4. The van der Waals surface area contributed by atoms with Crippen LogP contribution in [0.25, 0.3) is 5.69 Å². The highest BCUT2D eigenvalue weighted by molar-refractivity contribution is 9.10. The van der Waals surface area contributed by atoms with Crippen LogP contribution in [0, 0.1) is 13.8 Å². The third kappa shape index (κ3) is 5.70. The first-order valence-electron chi connectivity index (χ1n) is 9.14. The molecule has 2 aromatic carbocycles. The van der Waals surface area contributed by atoms with Crippen molar-refractivity contribution in [3.63, 3.8) is 0 Å². The van der Waals surface area contributed by atoms with Crippen LogP contribution in [0.1, 0.15) is 22.5 Å². The molecule has 1 amide bonds. The summed E-state index contributed by atoms with van der Waals surface area (Å²) in [6.45, 7) is 3.97. The van der Waals surface area contributed by atoms with Gasteiger partial charge in [-0.05, 0) is 49.7 Å². The first-order chi connectivity index (χ1) is 14.4. The minimum Gasteiger partial charge on any atom is -0.316 e. The molecule has 0 spiro atoms. The molecule has 4 nitrogen and oxygen atoms in total. The second-order valence-corrected chi connectivity index (χ2v) is 9.32. The van der Waals surface area contributed by atoms with Crippen molar-refractivity contribution in [2.75, 3.05) is 5.75 Å². The molecule has 0 atom stereocenters. The molecule has 1 heterocycles. The Morgan fingerprint density at radius 2 is 1.97 bits per heavy atom. The number of halogens is 3. The number of benzene rings is 2. The van der Waals surface area contributed by atoms with E-state index in [-0.39, 0.29) is 5.91 Å². The Morgan fingerprint density at radius 3 is 2.70 bits per heavy atom. The molecule has 0 aliphatic rings. The molecule has 1 aromatic heterocycles. The number of hydrogen-bond donors (Lipinski definition) is 1. The summed E-state index contributed by atoms with van der Waals surface area (Å²) in [5.41, 5.74) is 7.48. The number of nitrogens with zero attached hydrogens (tertiary/aromatic N) is 2. The van der Waals surface area contributed by atoms with Gasteiger partial charge in [0.05, 0.1) is 22.7 Å². The molecular weight excluding hydrogens is 505 g/mol. The second-order valence-electron chi connectivity index (χ2n) is 6.64. The Labute approximate surface area is 198 Å². The van der Waals surface area contributed by atoms with Crippen LogP contribution in [-0.4, -0.2) is 22.4 Å². The van der Waals surface area contributed by atoms with E-state index in [1.807, 2.05) is 54.8 Å². The number of aromatic nitrogens is 1. The predicted molar refractivity (Wildman–Crippen MR) is 131 cm³/mol. The lowest BCUT2D eigenvalue weighted by Crippen LogP contribution is -2.19. The zero-order valence-corrected chi connectivity index (χ0v) is 20.4. The van der Waals surface area contributed by atoms with Gasteiger partial charge in [0, 0.05) is 32.2 Å². The van der Waals surface area contributed by atoms with Gasteiger partial charge in [-0.3, -0.25) is 4.79 Å². The van der Waals surface area contributed by atoms with Crippen molar-refractivity contribution in [1.29, 1.82) is 0 Å². The van der Waals surface area contributed by atoms with Crippen molar-refractivity contribution in [2.24, 2.45) is 5.10 Å². The predicted octanol–water partition coefficient (Wildman–Crippen LogP) is 6.55. The van der Waals surface area contributed by atoms with Crippen LogP contribution in [-0.2, 0) is 10.5 Å². The first-order valence-corrected chi connectivity index (χ1v) is 11.8.